The van der Waals surface area contributed by atoms with E-state index >= 15 is 0 Å². The van der Waals surface area contributed by atoms with Crippen molar-refractivity contribution < 1.29 is 0 Å². The zero-order chi connectivity index (χ0) is 17.9. The van der Waals surface area contributed by atoms with Gasteiger partial charge in [-0.1, -0.05) is 48.0 Å². The summed E-state index contributed by atoms with van der Waals surface area (Å²) >= 11 is 6.06. The predicted molar refractivity (Wildman–Crippen MR) is 106 cm³/mol. The first kappa shape index (κ1) is 17.2. The number of nitrogens with zero attached hydrogens (tertiary/aromatic N) is 2. The van der Waals surface area contributed by atoms with Crippen molar-refractivity contribution in [2.24, 2.45) is 0 Å². The summed E-state index contributed by atoms with van der Waals surface area (Å²) in [5.74, 6) is 1.29. The lowest BCUT2D eigenvalue weighted by atomic mass is 10.1. The van der Waals surface area contributed by atoms with Crippen molar-refractivity contribution in [2.45, 2.75) is 26.3 Å². The van der Waals surface area contributed by atoms with Gasteiger partial charge in [0.1, 0.15) is 5.82 Å². The first-order valence-electron chi connectivity index (χ1n) is 8.14. The molecule has 3 aromatic rings. The molecule has 0 aliphatic heterocycles. The molecule has 0 unspecified atom stereocenters. The highest BCUT2D eigenvalue weighted by molar-refractivity contribution is 6.30. The second kappa shape index (κ2) is 7.11. The Balaban J connectivity index is 2.00. The fourth-order valence-electron chi connectivity index (χ4n) is 2.40. The van der Waals surface area contributed by atoms with Crippen molar-refractivity contribution >= 4 is 29.1 Å². The van der Waals surface area contributed by atoms with Gasteiger partial charge in [-0.3, -0.25) is 0 Å². The Labute approximate surface area is 153 Å². The standard InChI is InChI=1S/C20H21ClN4/c1-20(2,3)25-18-13-17(14-8-5-4-6-9-14)23-19(24-18)22-16-11-7-10-15(21)12-16/h4-13H,1-3H3,(H2,22,23,24,25). The summed E-state index contributed by atoms with van der Waals surface area (Å²) in [6.07, 6.45) is 0. The number of anilines is 3. The second-order valence-electron chi connectivity index (χ2n) is 6.84. The highest BCUT2D eigenvalue weighted by Gasteiger charge is 2.13. The molecule has 0 spiro atoms. The molecule has 0 amide bonds. The van der Waals surface area contributed by atoms with Gasteiger partial charge in [-0.05, 0) is 39.0 Å². The summed E-state index contributed by atoms with van der Waals surface area (Å²) in [6, 6.07) is 19.5. The van der Waals surface area contributed by atoms with E-state index in [-0.39, 0.29) is 5.54 Å². The summed E-state index contributed by atoms with van der Waals surface area (Å²) < 4.78 is 0. The monoisotopic (exact) mass is 352 g/mol. The van der Waals surface area contributed by atoms with Gasteiger partial charge in [-0.2, -0.15) is 4.98 Å². The van der Waals surface area contributed by atoms with E-state index in [0.29, 0.717) is 11.0 Å². The molecule has 1 heterocycles. The summed E-state index contributed by atoms with van der Waals surface area (Å²) in [5.41, 5.74) is 2.64. The molecular formula is C20H21ClN4. The van der Waals surface area contributed by atoms with Gasteiger partial charge in [0.15, 0.2) is 0 Å². The second-order valence-corrected chi connectivity index (χ2v) is 7.27. The van der Waals surface area contributed by atoms with Gasteiger partial charge in [0, 0.05) is 27.9 Å². The minimum atomic E-state index is -0.102. The Hall–Kier alpha value is -2.59. The van der Waals surface area contributed by atoms with E-state index in [1.54, 1.807) is 0 Å². The van der Waals surface area contributed by atoms with Crippen LogP contribution in [0.5, 0.6) is 0 Å². The summed E-state index contributed by atoms with van der Waals surface area (Å²) in [5, 5.41) is 7.31. The normalized spacial score (nSPS) is 11.2. The molecule has 0 aliphatic rings. The van der Waals surface area contributed by atoms with E-state index < -0.39 is 0 Å². The maximum absolute atomic E-state index is 6.06. The minimum Gasteiger partial charge on any atom is -0.365 e. The van der Waals surface area contributed by atoms with Crippen molar-refractivity contribution in [3.8, 4) is 11.3 Å². The summed E-state index contributed by atoms with van der Waals surface area (Å²) in [6.45, 7) is 6.30. The minimum absolute atomic E-state index is 0.102. The highest BCUT2D eigenvalue weighted by Crippen LogP contribution is 2.25. The predicted octanol–water partition coefficient (Wildman–Crippen LogP) is 5.75. The van der Waals surface area contributed by atoms with Crippen molar-refractivity contribution in [1.82, 2.24) is 9.97 Å². The number of hydrogen-bond donors (Lipinski definition) is 2. The molecule has 2 N–H and O–H groups in total. The van der Waals surface area contributed by atoms with Gasteiger partial charge < -0.3 is 10.6 Å². The molecule has 0 saturated carbocycles. The zero-order valence-electron chi connectivity index (χ0n) is 14.5. The number of hydrogen-bond acceptors (Lipinski definition) is 4. The van der Waals surface area contributed by atoms with Gasteiger partial charge in [-0.25, -0.2) is 4.98 Å². The summed E-state index contributed by atoms with van der Waals surface area (Å²) in [4.78, 5) is 9.25. The number of halogens is 1. The molecular weight excluding hydrogens is 332 g/mol. The van der Waals surface area contributed by atoms with E-state index in [1.807, 2.05) is 60.7 Å². The van der Waals surface area contributed by atoms with Gasteiger partial charge in [0.25, 0.3) is 0 Å². The quantitative estimate of drug-likeness (QED) is 0.627. The molecule has 0 aliphatic carbocycles. The molecule has 0 bridgehead atoms. The van der Waals surface area contributed by atoms with Crippen LogP contribution < -0.4 is 10.6 Å². The van der Waals surface area contributed by atoms with Crippen LogP contribution in [0.1, 0.15) is 20.8 Å². The lowest BCUT2D eigenvalue weighted by molar-refractivity contribution is 0.630. The van der Waals surface area contributed by atoms with Crippen LogP contribution in [0.4, 0.5) is 17.5 Å². The maximum atomic E-state index is 6.06. The maximum Gasteiger partial charge on any atom is 0.229 e. The molecule has 0 saturated heterocycles. The molecule has 0 fully saturated rings. The molecule has 2 aromatic carbocycles. The van der Waals surface area contributed by atoms with Crippen LogP contribution in [0.3, 0.4) is 0 Å². The van der Waals surface area contributed by atoms with Crippen LogP contribution in [0.25, 0.3) is 11.3 Å². The van der Waals surface area contributed by atoms with E-state index in [0.717, 1.165) is 22.8 Å². The molecule has 128 valence electrons. The summed E-state index contributed by atoms with van der Waals surface area (Å²) in [7, 11) is 0. The van der Waals surface area contributed by atoms with Gasteiger partial charge >= 0.3 is 0 Å². The van der Waals surface area contributed by atoms with Crippen LogP contribution in [0.15, 0.2) is 60.7 Å². The van der Waals surface area contributed by atoms with Gasteiger partial charge in [-0.15, -0.1) is 0 Å². The SMILES string of the molecule is CC(C)(C)Nc1cc(-c2ccccc2)nc(Nc2cccc(Cl)c2)n1. The van der Waals surface area contributed by atoms with Crippen molar-refractivity contribution in [3.63, 3.8) is 0 Å². The van der Waals surface area contributed by atoms with Crippen LogP contribution in [0, 0.1) is 0 Å². The van der Waals surface area contributed by atoms with Crippen LogP contribution in [-0.2, 0) is 0 Å². The first-order chi connectivity index (χ1) is 11.9. The molecule has 25 heavy (non-hydrogen) atoms. The van der Waals surface area contributed by atoms with E-state index in [4.69, 9.17) is 11.6 Å². The van der Waals surface area contributed by atoms with E-state index in [9.17, 15) is 0 Å². The molecule has 4 nitrogen and oxygen atoms in total. The van der Waals surface area contributed by atoms with Crippen LogP contribution in [-0.4, -0.2) is 15.5 Å². The largest absolute Gasteiger partial charge is 0.365 e. The number of nitrogens with one attached hydrogen (secondary N) is 2. The third-order valence-electron chi connectivity index (χ3n) is 3.38. The average Bonchev–Trinajstić information content (AvgIpc) is 2.54. The number of aromatic nitrogens is 2. The number of benzene rings is 2. The Morgan fingerprint density at radius 3 is 2.32 bits per heavy atom. The Kier molecular flexibility index (Phi) is 4.91. The lowest BCUT2D eigenvalue weighted by Crippen LogP contribution is -2.26. The molecule has 5 heteroatoms. The van der Waals surface area contributed by atoms with Crippen molar-refractivity contribution in [3.05, 3.63) is 65.7 Å². The molecule has 3 rings (SSSR count). The lowest BCUT2D eigenvalue weighted by Gasteiger charge is -2.22. The van der Waals surface area contributed by atoms with E-state index in [2.05, 4.69) is 41.4 Å². The highest BCUT2D eigenvalue weighted by atomic mass is 35.5. The van der Waals surface area contributed by atoms with Crippen LogP contribution >= 0.6 is 11.6 Å². The average molecular weight is 353 g/mol. The van der Waals surface area contributed by atoms with Gasteiger partial charge in [0.05, 0.1) is 5.69 Å². The molecule has 1 aromatic heterocycles. The Morgan fingerprint density at radius 2 is 1.64 bits per heavy atom. The fourth-order valence-corrected chi connectivity index (χ4v) is 2.59. The fraction of sp³-hybridized carbons (Fsp3) is 0.200. The topological polar surface area (TPSA) is 49.8 Å². The first-order valence-corrected chi connectivity index (χ1v) is 8.52. The molecule has 0 radical (unpaired) electrons. The third-order valence-corrected chi connectivity index (χ3v) is 3.61. The zero-order valence-corrected chi connectivity index (χ0v) is 15.3. The Bertz CT molecular complexity index is 857. The van der Waals surface area contributed by atoms with Crippen LogP contribution in [0.2, 0.25) is 5.02 Å². The smallest absolute Gasteiger partial charge is 0.229 e. The molecule has 0 atom stereocenters. The third kappa shape index (κ3) is 4.94. The number of rotatable bonds is 4. The Morgan fingerprint density at radius 1 is 0.880 bits per heavy atom. The van der Waals surface area contributed by atoms with Gasteiger partial charge in [0.2, 0.25) is 5.95 Å². The van der Waals surface area contributed by atoms with Crippen molar-refractivity contribution in [2.75, 3.05) is 10.6 Å². The van der Waals surface area contributed by atoms with Crippen molar-refractivity contribution in [1.29, 1.82) is 0 Å². The van der Waals surface area contributed by atoms with E-state index in [1.165, 1.54) is 0 Å².